The number of anilines is 1. The minimum absolute atomic E-state index is 0.113. The third kappa shape index (κ3) is 4.70. The van der Waals surface area contributed by atoms with E-state index in [1.165, 1.54) is 4.31 Å². The van der Waals surface area contributed by atoms with Crippen molar-refractivity contribution >= 4 is 27.5 Å². The Balaban J connectivity index is 1.96. The number of nitrogens with zero attached hydrogens (tertiary/aromatic N) is 1. The molecule has 0 atom stereocenters. The van der Waals surface area contributed by atoms with Crippen LogP contribution in [0.15, 0.2) is 24.3 Å². The van der Waals surface area contributed by atoms with E-state index in [2.05, 4.69) is 10.6 Å². The molecule has 1 aromatic rings. The molecule has 24 heavy (non-hydrogen) atoms. The zero-order chi connectivity index (χ0) is 18.0. The highest BCUT2D eigenvalue weighted by Gasteiger charge is 2.28. The van der Waals surface area contributed by atoms with Crippen LogP contribution in [0.1, 0.15) is 37.6 Å². The number of hydrogen-bond donors (Lipinski definition) is 2. The molecule has 0 aromatic heterocycles. The molecule has 0 aliphatic carbocycles. The number of sulfonamides is 1. The van der Waals surface area contributed by atoms with Gasteiger partial charge < -0.3 is 10.6 Å². The van der Waals surface area contributed by atoms with Gasteiger partial charge in [-0.25, -0.2) is 8.42 Å². The van der Waals surface area contributed by atoms with Crippen molar-refractivity contribution in [2.24, 2.45) is 0 Å². The molecule has 132 valence electrons. The molecule has 1 heterocycles. The van der Waals surface area contributed by atoms with Crippen molar-refractivity contribution in [2.75, 3.05) is 23.1 Å². The molecule has 1 aromatic carbocycles. The highest BCUT2D eigenvalue weighted by atomic mass is 32.2. The van der Waals surface area contributed by atoms with Crippen LogP contribution in [0.25, 0.3) is 0 Å². The zero-order valence-corrected chi connectivity index (χ0v) is 14.9. The number of hydrogen-bond acceptors (Lipinski definition) is 4. The molecule has 2 rings (SSSR count). The molecule has 2 amide bonds. The summed E-state index contributed by atoms with van der Waals surface area (Å²) < 4.78 is 25.1. The van der Waals surface area contributed by atoms with Crippen molar-refractivity contribution in [3.63, 3.8) is 0 Å². The standard InChI is InChI=1S/C16H23N3O4S/c1-16(2,3)18-14(20)11-17-15(21)12-5-7-13(8-6-12)19-9-4-10-24(19,22)23/h5-8H,4,9-11H2,1-3H3,(H,17,21)(H,18,20). The molecule has 0 unspecified atom stereocenters. The molecule has 0 bridgehead atoms. The number of carbonyl (C=O) groups is 2. The first kappa shape index (κ1) is 18.3. The van der Waals surface area contributed by atoms with Gasteiger partial charge in [0.1, 0.15) is 0 Å². The Morgan fingerprint density at radius 3 is 2.29 bits per heavy atom. The van der Waals surface area contributed by atoms with Crippen molar-refractivity contribution in [1.82, 2.24) is 10.6 Å². The quantitative estimate of drug-likeness (QED) is 0.840. The van der Waals surface area contributed by atoms with Crippen molar-refractivity contribution in [1.29, 1.82) is 0 Å². The monoisotopic (exact) mass is 353 g/mol. The fraction of sp³-hybridized carbons (Fsp3) is 0.500. The van der Waals surface area contributed by atoms with E-state index in [1.54, 1.807) is 24.3 Å². The number of nitrogens with one attached hydrogen (secondary N) is 2. The zero-order valence-electron chi connectivity index (χ0n) is 14.1. The number of benzene rings is 1. The summed E-state index contributed by atoms with van der Waals surface area (Å²) in [5.74, 6) is -0.497. The molecule has 0 radical (unpaired) electrons. The maximum atomic E-state index is 12.1. The van der Waals surface area contributed by atoms with Crippen LogP contribution in [-0.4, -0.2) is 44.6 Å². The van der Waals surface area contributed by atoms with E-state index in [4.69, 9.17) is 0 Å². The fourth-order valence-electron chi connectivity index (χ4n) is 2.43. The van der Waals surface area contributed by atoms with E-state index in [9.17, 15) is 18.0 Å². The van der Waals surface area contributed by atoms with Crippen LogP contribution in [0, 0.1) is 0 Å². The van der Waals surface area contributed by atoms with E-state index in [-0.39, 0.29) is 29.7 Å². The van der Waals surface area contributed by atoms with Gasteiger partial charge in [0.15, 0.2) is 0 Å². The summed E-state index contributed by atoms with van der Waals surface area (Å²) in [6.07, 6.45) is 0.605. The van der Waals surface area contributed by atoms with E-state index >= 15 is 0 Å². The number of carbonyl (C=O) groups excluding carboxylic acids is 2. The van der Waals surface area contributed by atoms with Gasteiger partial charge in [0.25, 0.3) is 5.91 Å². The SMILES string of the molecule is CC(C)(C)NC(=O)CNC(=O)c1ccc(N2CCCS2(=O)=O)cc1. The average Bonchev–Trinajstić information content (AvgIpc) is 2.82. The average molecular weight is 353 g/mol. The Morgan fingerprint density at radius 2 is 1.79 bits per heavy atom. The second kappa shape index (κ2) is 6.80. The van der Waals surface area contributed by atoms with E-state index in [1.807, 2.05) is 20.8 Å². The molecule has 7 nitrogen and oxygen atoms in total. The smallest absolute Gasteiger partial charge is 0.251 e. The first-order valence-electron chi connectivity index (χ1n) is 7.78. The summed E-state index contributed by atoms with van der Waals surface area (Å²) in [5.41, 5.74) is 0.568. The Hall–Kier alpha value is -2.09. The van der Waals surface area contributed by atoms with Crippen LogP contribution < -0.4 is 14.9 Å². The van der Waals surface area contributed by atoms with Gasteiger partial charge in [-0.3, -0.25) is 13.9 Å². The summed E-state index contributed by atoms with van der Waals surface area (Å²) in [4.78, 5) is 23.7. The van der Waals surface area contributed by atoms with Crippen molar-refractivity contribution in [3.8, 4) is 0 Å². The maximum absolute atomic E-state index is 12.1. The molecular weight excluding hydrogens is 330 g/mol. The third-order valence-electron chi connectivity index (χ3n) is 3.44. The Labute approximate surface area is 142 Å². The molecule has 0 spiro atoms. The summed E-state index contributed by atoms with van der Waals surface area (Å²) in [7, 11) is -3.23. The van der Waals surface area contributed by atoms with Crippen LogP contribution in [0.4, 0.5) is 5.69 Å². The lowest BCUT2D eigenvalue weighted by Gasteiger charge is -2.20. The van der Waals surface area contributed by atoms with Crippen LogP contribution in [-0.2, 0) is 14.8 Å². The van der Waals surface area contributed by atoms with Crippen LogP contribution in [0.3, 0.4) is 0 Å². The summed E-state index contributed by atoms with van der Waals surface area (Å²) in [5, 5.41) is 5.30. The van der Waals surface area contributed by atoms with Crippen molar-refractivity contribution in [2.45, 2.75) is 32.7 Å². The molecule has 2 N–H and O–H groups in total. The highest BCUT2D eigenvalue weighted by Crippen LogP contribution is 2.24. The topological polar surface area (TPSA) is 95.6 Å². The third-order valence-corrected chi connectivity index (χ3v) is 5.31. The molecule has 0 saturated carbocycles. The van der Waals surface area contributed by atoms with Crippen LogP contribution in [0.5, 0.6) is 0 Å². The fourth-order valence-corrected chi connectivity index (χ4v) is 4.00. The van der Waals surface area contributed by atoms with Crippen molar-refractivity contribution in [3.05, 3.63) is 29.8 Å². The van der Waals surface area contributed by atoms with Gasteiger partial charge in [-0.1, -0.05) is 0 Å². The van der Waals surface area contributed by atoms with Crippen LogP contribution >= 0.6 is 0 Å². The lowest BCUT2D eigenvalue weighted by atomic mass is 10.1. The minimum Gasteiger partial charge on any atom is -0.350 e. The second-order valence-corrected chi connectivity index (χ2v) is 8.78. The van der Waals surface area contributed by atoms with E-state index in [0.29, 0.717) is 24.2 Å². The Bertz CT molecular complexity index is 721. The predicted octanol–water partition coefficient (Wildman–Crippen LogP) is 0.871. The number of amides is 2. The molecular formula is C16H23N3O4S. The summed E-state index contributed by atoms with van der Waals surface area (Å²) in [6, 6.07) is 6.32. The number of rotatable bonds is 4. The van der Waals surface area contributed by atoms with Crippen molar-refractivity contribution < 1.29 is 18.0 Å². The summed E-state index contributed by atoms with van der Waals surface area (Å²) in [6.45, 7) is 5.92. The van der Waals surface area contributed by atoms with Gasteiger partial charge in [-0.05, 0) is 51.5 Å². The largest absolute Gasteiger partial charge is 0.350 e. The van der Waals surface area contributed by atoms with E-state index < -0.39 is 10.0 Å². The first-order valence-corrected chi connectivity index (χ1v) is 9.39. The normalized spacial score (nSPS) is 16.7. The van der Waals surface area contributed by atoms with Gasteiger partial charge in [0, 0.05) is 17.6 Å². The Morgan fingerprint density at radius 1 is 1.17 bits per heavy atom. The molecule has 8 heteroatoms. The molecule has 1 aliphatic rings. The molecule has 1 fully saturated rings. The van der Waals surface area contributed by atoms with E-state index in [0.717, 1.165) is 0 Å². The maximum Gasteiger partial charge on any atom is 0.251 e. The Kier molecular flexibility index (Phi) is 5.17. The summed E-state index contributed by atoms with van der Waals surface area (Å²) >= 11 is 0. The van der Waals surface area contributed by atoms with Gasteiger partial charge in [0.2, 0.25) is 15.9 Å². The van der Waals surface area contributed by atoms with Gasteiger partial charge in [-0.15, -0.1) is 0 Å². The minimum atomic E-state index is -3.23. The second-order valence-electron chi connectivity index (χ2n) is 6.77. The van der Waals surface area contributed by atoms with Crippen LogP contribution in [0.2, 0.25) is 0 Å². The van der Waals surface area contributed by atoms with Gasteiger partial charge in [0.05, 0.1) is 18.0 Å². The lowest BCUT2D eigenvalue weighted by Crippen LogP contribution is -2.45. The predicted molar refractivity (Wildman–Crippen MR) is 92.4 cm³/mol. The van der Waals surface area contributed by atoms with Gasteiger partial charge in [-0.2, -0.15) is 0 Å². The molecule has 1 aliphatic heterocycles. The molecule has 1 saturated heterocycles. The first-order chi connectivity index (χ1) is 11.1. The van der Waals surface area contributed by atoms with Gasteiger partial charge >= 0.3 is 0 Å². The highest BCUT2D eigenvalue weighted by molar-refractivity contribution is 7.93. The lowest BCUT2D eigenvalue weighted by molar-refractivity contribution is -0.121.